The van der Waals surface area contributed by atoms with Crippen LogP contribution in [0.1, 0.15) is 20.3 Å². The van der Waals surface area contributed by atoms with Crippen LogP contribution in [0.3, 0.4) is 0 Å². The minimum Gasteiger partial charge on any atom is -0.326 e. The Bertz CT molecular complexity index is 605. The van der Waals surface area contributed by atoms with E-state index in [9.17, 15) is 13.2 Å². The summed E-state index contributed by atoms with van der Waals surface area (Å²) in [6, 6.07) is 8.02. The maximum Gasteiger partial charge on any atom is 0.249 e. The van der Waals surface area contributed by atoms with Gasteiger partial charge in [-0.25, -0.2) is 8.42 Å². The van der Waals surface area contributed by atoms with Gasteiger partial charge in [0.25, 0.3) is 0 Å². The molecule has 1 amide bonds. The van der Waals surface area contributed by atoms with Crippen molar-refractivity contribution < 1.29 is 13.2 Å². The normalized spacial score (nSPS) is 12.3. The fourth-order valence-electron chi connectivity index (χ4n) is 1.48. The van der Waals surface area contributed by atoms with Crippen LogP contribution < -0.4 is 10.0 Å². The van der Waals surface area contributed by atoms with Crippen molar-refractivity contribution in [3.63, 3.8) is 0 Å². The number of hydrogen-bond acceptors (Lipinski definition) is 4. The highest BCUT2D eigenvalue weighted by Gasteiger charge is 2.23. The van der Waals surface area contributed by atoms with E-state index in [1.807, 2.05) is 0 Å². The molecule has 0 heterocycles. The summed E-state index contributed by atoms with van der Waals surface area (Å²) in [6.07, 6.45) is 0.206. The van der Waals surface area contributed by atoms with Crippen LogP contribution in [0.5, 0.6) is 0 Å². The Labute approximate surface area is 112 Å². The van der Waals surface area contributed by atoms with Crippen LogP contribution in [0, 0.1) is 11.3 Å². The first kappa shape index (κ1) is 15.0. The van der Waals surface area contributed by atoms with Crippen LogP contribution in [0.15, 0.2) is 24.3 Å². The molecule has 0 aliphatic carbocycles. The van der Waals surface area contributed by atoms with Gasteiger partial charge in [-0.1, -0.05) is 13.0 Å². The number of hydrogen-bond donors (Lipinski definition) is 2. The van der Waals surface area contributed by atoms with Gasteiger partial charge in [0.2, 0.25) is 15.9 Å². The number of rotatable bonds is 5. The predicted molar refractivity (Wildman–Crippen MR) is 73.0 cm³/mol. The van der Waals surface area contributed by atoms with Crippen LogP contribution in [-0.2, 0) is 14.8 Å². The first-order valence-electron chi connectivity index (χ1n) is 5.68. The lowest BCUT2D eigenvalue weighted by Crippen LogP contribution is -2.25. The molecule has 1 atom stereocenters. The lowest BCUT2D eigenvalue weighted by atomic mass is 10.3. The Morgan fingerprint density at radius 2 is 2.05 bits per heavy atom. The summed E-state index contributed by atoms with van der Waals surface area (Å²) in [4.78, 5) is 10.9. The third-order valence-electron chi connectivity index (χ3n) is 2.33. The van der Waals surface area contributed by atoms with Gasteiger partial charge in [-0.3, -0.25) is 9.52 Å². The minimum atomic E-state index is -3.74. The average Bonchev–Trinajstić information content (AvgIpc) is 2.28. The monoisotopic (exact) mass is 281 g/mol. The van der Waals surface area contributed by atoms with E-state index in [4.69, 9.17) is 5.26 Å². The molecule has 0 radical (unpaired) electrons. The SMILES string of the molecule is CCC(C#N)S(=O)(=O)Nc1cccc(NC(C)=O)c1. The summed E-state index contributed by atoms with van der Waals surface area (Å²) in [7, 11) is -3.74. The van der Waals surface area contributed by atoms with Crippen molar-refractivity contribution in [2.24, 2.45) is 0 Å². The Morgan fingerprint density at radius 1 is 1.42 bits per heavy atom. The largest absolute Gasteiger partial charge is 0.326 e. The molecule has 0 aliphatic rings. The van der Waals surface area contributed by atoms with Crippen LogP contribution in [-0.4, -0.2) is 19.6 Å². The van der Waals surface area contributed by atoms with Crippen LogP contribution in [0.2, 0.25) is 0 Å². The molecule has 1 aromatic carbocycles. The van der Waals surface area contributed by atoms with Gasteiger partial charge in [-0.15, -0.1) is 0 Å². The second kappa shape index (κ2) is 6.20. The highest BCUT2D eigenvalue weighted by atomic mass is 32.2. The number of carbonyl (C=O) groups is 1. The predicted octanol–water partition coefficient (Wildman–Crippen LogP) is 1.69. The third-order valence-corrected chi connectivity index (χ3v) is 4.04. The number of carbonyl (C=O) groups excluding carboxylic acids is 1. The smallest absolute Gasteiger partial charge is 0.249 e. The van der Waals surface area contributed by atoms with Gasteiger partial charge < -0.3 is 5.32 Å². The van der Waals surface area contributed by atoms with Crippen molar-refractivity contribution in [3.05, 3.63) is 24.3 Å². The molecule has 6 nitrogen and oxygen atoms in total. The highest BCUT2D eigenvalue weighted by Crippen LogP contribution is 2.18. The molecular formula is C12H15N3O3S. The lowest BCUT2D eigenvalue weighted by Gasteiger charge is -2.12. The van der Waals surface area contributed by atoms with E-state index >= 15 is 0 Å². The van der Waals surface area contributed by atoms with E-state index in [2.05, 4.69) is 10.0 Å². The zero-order valence-electron chi connectivity index (χ0n) is 10.7. The molecule has 0 aromatic heterocycles. The fraction of sp³-hybridized carbons (Fsp3) is 0.333. The fourth-order valence-corrected chi connectivity index (χ4v) is 2.65. The molecule has 1 unspecified atom stereocenters. The summed E-state index contributed by atoms with van der Waals surface area (Å²) in [5.41, 5.74) is 0.789. The summed E-state index contributed by atoms with van der Waals surface area (Å²) >= 11 is 0. The number of nitrogens with zero attached hydrogens (tertiary/aromatic N) is 1. The van der Waals surface area contributed by atoms with E-state index in [-0.39, 0.29) is 12.3 Å². The van der Waals surface area contributed by atoms with Gasteiger partial charge in [0, 0.05) is 12.6 Å². The third kappa shape index (κ3) is 4.26. The zero-order valence-corrected chi connectivity index (χ0v) is 11.5. The maximum atomic E-state index is 11.9. The summed E-state index contributed by atoms with van der Waals surface area (Å²) < 4.78 is 26.1. The summed E-state index contributed by atoms with van der Waals surface area (Å²) in [5.74, 6) is -0.247. The molecule has 7 heteroatoms. The van der Waals surface area contributed by atoms with Crippen molar-refractivity contribution >= 4 is 27.3 Å². The summed E-state index contributed by atoms with van der Waals surface area (Å²) in [6.45, 7) is 2.99. The molecule has 0 fully saturated rings. The van der Waals surface area contributed by atoms with Gasteiger partial charge in [-0.2, -0.15) is 5.26 Å². The van der Waals surface area contributed by atoms with Gasteiger partial charge in [0.15, 0.2) is 5.25 Å². The van der Waals surface area contributed by atoms with E-state index in [1.165, 1.54) is 13.0 Å². The van der Waals surface area contributed by atoms with Gasteiger partial charge in [0.1, 0.15) is 0 Å². The number of nitriles is 1. The van der Waals surface area contributed by atoms with E-state index in [0.29, 0.717) is 11.4 Å². The average molecular weight is 281 g/mol. The number of benzene rings is 1. The standard InChI is InChI=1S/C12H15N3O3S/c1-3-12(8-13)19(17,18)15-11-6-4-5-10(7-11)14-9(2)16/h4-7,12,15H,3H2,1-2H3,(H,14,16). The van der Waals surface area contributed by atoms with E-state index in [1.54, 1.807) is 31.2 Å². The number of amides is 1. The van der Waals surface area contributed by atoms with Crippen LogP contribution >= 0.6 is 0 Å². The van der Waals surface area contributed by atoms with Crippen molar-refractivity contribution in [2.45, 2.75) is 25.5 Å². The molecular weight excluding hydrogens is 266 g/mol. The van der Waals surface area contributed by atoms with E-state index < -0.39 is 15.3 Å². The van der Waals surface area contributed by atoms with Crippen LogP contribution in [0.4, 0.5) is 11.4 Å². The molecule has 0 bridgehead atoms. The molecule has 0 saturated carbocycles. The zero-order chi connectivity index (χ0) is 14.5. The van der Waals surface area contributed by atoms with Gasteiger partial charge in [-0.05, 0) is 24.6 Å². The second-order valence-corrected chi connectivity index (χ2v) is 5.80. The number of anilines is 2. The van der Waals surface area contributed by atoms with E-state index in [0.717, 1.165) is 0 Å². The Balaban J connectivity index is 2.94. The van der Waals surface area contributed by atoms with Gasteiger partial charge in [0.05, 0.1) is 11.8 Å². The Hall–Kier alpha value is -2.07. The first-order chi connectivity index (χ1) is 8.89. The molecule has 0 saturated heterocycles. The second-order valence-electron chi connectivity index (χ2n) is 3.94. The molecule has 0 spiro atoms. The first-order valence-corrected chi connectivity index (χ1v) is 7.22. The summed E-state index contributed by atoms with van der Waals surface area (Å²) in [5, 5.41) is 10.2. The maximum absolute atomic E-state index is 11.9. The molecule has 0 aliphatic heterocycles. The van der Waals surface area contributed by atoms with Crippen molar-refractivity contribution in [3.8, 4) is 6.07 Å². The van der Waals surface area contributed by atoms with Crippen molar-refractivity contribution in [2.75, 3.05) is 10.0 Å². The molecule has 19 heavy (non-hydrogen) atoms. The quantitative estimate of drug-likeness (QED) is 0.857. The van der Waals surface area contributed by atoms with Crippen LogP contribution in [0.25, 0.3) is 0 Å². The topological polar surface area (TPSA) is 99.1 Å². The van der Waals surface area contributed by atoms with Crippen molar-refractivity contribution in [1.82, 2.24) is 0 Å². The Morgan fingerprint density at radius 3 is 2.58 bits per heavy atom. The number of nitrogens with one attached hydrogen (secondary N) is 2. The molecule has 1 rings (SSSR count). The number of sulfonamides is 1. The minimum absolute atomic E-state index is 0.206. The Kier molecular flexibility index (Phi) is 4.89. The lowest BCUT2D eigenvalue weighted by molar-refractivity contribution is -0.114. The molecule has 2 N–H and O–H groups in total. The van der Waals surface area contributed by atoms with Crippen molar-refractivity contribution in [1.29, 1.82) is 5.26 Å². The van der Waals surface area contributed by atoms with Gasteiger partial charge >= 0.3 is 0 Å². The molecule has 102 valence electrons. The molecule has 1 aromatic rings. The highest BCUT2D eigenvalue weighted by molar-refractivity contribution is 7.93.